The Morgan fingerprint density at radius 2 is 2.27 bits per heavy atom. The Kier molecular flexibility index (Phi) is 3.09. The predicted octanol–water partition coefficient (Wildman–Crippen LogP) is 1.16. The highest BCUT2D eigenvalue weighted by Gasteiger charge is 2.23. The second kappa shape index (κ2) is 4.70. The van der Waals surface area contributed by atoms with Gasteiger partial charge in [0.25, 0.3) is 0 Å². The molecule has 0 saturated heterocycles. The van der Waals surface area contributed by atoms with E-state index in [0.717, 1.165) is 5.56 Å². The first kappa shape index (κ1) is 9.86. The van der Waals surface area contributed by atoms with Crippen LogP contribution in [-0.2, 0) is 21.0 Å². The molecule has 0 aromatic heterocycles. The molecule has 1 aliphatic heterocycles. The number of oxime groups is 1. The van der Waals surface area contributed by atoms with E-state index < -0.39 is 0 Å². The number of aldehydes is 1. The van der Waals surface area contributed by atoms with Gasteiger partial charge in [-0.2, -0.15) is 0 Å². The van der Waals surface area contributed by atoms with Crippen LogP contribution in [0.25, 0.3) is 0 Å². The Morgan fingerprint density at radius 3 is 3.00 bits per heavy atom. The molecule has 0 amide bonds. The molecule has 1 unspecified atom stereocenters. The van der Waals surface area contributed by atoms with Gasteiger partial charge in [-0.3, -0.25) is 4.79 Å². The molecule has 4 heteroatoms. The minimum atomic E-state index is -0.331. The second-order valence-electron chi connectivity index (χ2n) is 3.22. The van der Waals surface area contributed by atoms with Gasteiger partial charge in [0.05, 0.1) is 6.61 Å². The number of rotatable bonds is 4. The normalized spacial score (nSPS) is 19.5. The van der Waals surface area contributed by atoms with Crippen LogP contribution in [0.15, 0.2) is 35.5 Å². The van der Waals surface area contributed by atoms with E-state index in [-0.39, 0.29) is 6.10 Å². The fourth-order valence-electron chi connectivity index (χ4n) is 1.33. The van der Waals surface area contributed by atoms with E-state index in [1.807, 2.05) is 30.3 Å². The third kappa shape index (κ3) is 2.41. The Balaban J connectivity index is 1.89. The van der Waals surface area contributed by atoms with Crippen molar-refractivity contribution in [1.29, 1.82) is 0 Å². The van der Waals surface area contributed by atoms with Gasteiger partial charge in [-0.05, 0) is 5.56 Å². The van der Waals surface area contributed by atoms with E-state index in [1.165, 1.54) is 0 Å². The van der Waals surface area contributed by atoms with E-state index in [0.29, 0.717) is 25.2 Å². The molecule has 0 spiro atoms. The van der Waals surface area contributed by atoms with Crippen molar-refractivity contribution in [3.63, 3.8) is 0 Å². The summed E-state index contributed by atoms with van der Waals surface area (Å²) in [5.74, 6) is 0. The van der Waals surface area contributed by atoms with Crippen molar-refractivity contribution < 1.29 is 14.4 Å². The Labute approximate surface area is 87.5 Å². The van der Waals surface area contributed by atoms with Crippen LogP contribution >= 0.6 is 0 Å². The lowest BCUT2D eigenvalue weighted by molar-refractivity contribution is -0.103. The lowest BCUT2D eigenvalue weighted by atomic mass is 10.2. The van der Waals surface area contributed by atoms with Crippen LogP contribution in [0.2, 0.25) is 0 Å². The van der Waals surface area contributed by atoms with Gasteiger partial charge in [0.15, 0.2) is 12.0 Å². The van der Waals surface area contributed by atoms with Gasteiger partial charge >= 0.3 is 0 Å². The maximum Gasteiger partial charge on any atom is 0.170 e. The molecule has 0 saturated carbocycles. The highest BCUT2D eigenvalue weighted by Crippen LogP contribution is 2.08. The topological polar surface area (TPSA) is 47.9 Å². The molecule has 1 atom stereocenters. The van der Waals surface area contributed by atoms with Crippen LogP contribution in [0.5, 0.6) is 0 Å². The van der Waals surface area contributed by atoms with Crippen molar-refractivity contribution in [2.45, 2.75) is 12.7 Å². The summed E-state index contributed by atoms with van der Waals surface area (Å²) in [6, 6.07) is 9.76. The van der Waals surface area contributed by atoms with Gasteiger partial charge in [0, 0.05) is 0 Å². The Bertz CT molecular complexity index is 361. The van der Waals surface area contributed by atoms with Crippen LogP contribution in [0.3, 0.4) is 0 Å². The third-order valence-electron chi connectivity index (χ3n) is 2.14. The average molecular weight is 205 g/mol. The van der Waals surface area contributed by atoms with Crippen molar-refractivity contribution in [2.75, 3.05) is 6.61 Å². The van der Waals surface area contributed by atoms with Crippen LogP contribution in [-0.4, -0.2) is 24.7 Å². The quantitative estimate of drug-likeness (QED) is 0.693. The number of carbonyl (C=O) groups is 1. The highest BCUT2D eigenvalue weighted by atomic mass is 16.7. The molecule has 15 heavy (non-hydrogen) atoms. The van der Waals surface area contributed by atoms with Gasteiger partial charge in [-0.15, -0.1) is 0 Å². The molecule has 0 bridgehead atoms. The zero-order chi connectivity index (χ0) is 10.5. The third-order valence-corrected chi connectivity index (χ3v) is 2.14. The molecule has 1 aromatic rings. The first-order valence-corrected chi connectivity index (χ1v) is 4.70. The van der Waals surface area contributed by atoms with E-state index in [4.69, 9.17) is 9.57 Å². The van der Waals surface area contributed by atoms with Crippen molar-refractivity contribution in [3.8, 4) is 0 Å². The fourth-order valence-corrected chi connectivity index (χ4v) is 1.33. The molecular formula is C11H11NO3. The van der Waals surface area contributed by atoms with E-state index in [1.54, 1.807) is 0 Å². The Hall–Kier alpha value is -1.68. The molecule has 0 radical (unpaired) electrons. The summed E-state index contributed by atoms with van der Waals surface area (Å²) < 4.78 is 5.51. The summed E-state index contributed by atoms with van der Waals surface area (Å²) in [5, 5.41) is 3.57. The van der Waals surface area contributed by atoms with Gasteiger partial charge in [-0.1, -0.05) is 35.5 Å². The second-order valence-corrected chi connectivity index (χ2v) is 3.22. The number of nitrogens with zero attached hydrogens (tertiary/aromatic N) is 1. The standard InChI is InChI=1S/C11H11NO3/c13-6-10-11(8-15-12-10)14-7-9-4-2-1-3-5-9/h1-6,11H,7-8H2. The zero-order valence-electron chi connectivity index (χ0n) is 8.13. The zero-order valence-corrected chi connectivity index (χ0v) is 8.13. The average Bonchev–Trinajstić information content (AvgIpc) is 2.75. The summed E-state index contributed by atoms with van der Waals surface area (Å²) in [7, 11) is 0. The van der Waals surface area contributed by atoms with E-state index >= 15 is 0 Å². The van der Waals surface area contributed by atoms with Crippen LogP contribution in [0.4, 0.5) is 0 Å². The molecule has 0 aliphatic carbocycles. The molecule has 1 aromatic carbocycles. The molecule has 1 heterocycles. The summed E-state index contributed by atoms with van der Waals surface area (Å²) in [4.78, 5) is 15.3. The predicted molar refractivity (Wildman–Crippen MR) is 54.5 cm³/mol. The highest BCUT2D eigenvalue weighted by molar-refractivity contribution is 6.30. The number of ether oxygens (including phenoxy) is 1. The number of hydrogen-bond donors (Lipinski definition) is 0. The fraction of sp³-hybridized carbons (Fsp3) is 0.273. The molecule has 78 valence electrons. The van der Waals surface area contributed by atoms with Crippen LogP contribution < -0.4 is 0 Å². The number of carbonyl (C=O) groups excluding carboxylic acids is 1. The van der Waals surface area contributed by atoms with Gasteiger partial charge in [0.2, 0.25) is 0 Å². The molecule has 1 aliphatic rings. The first-order valence-electron chi connectivity index (χ1n) is 4.70. The van der Waals surface area contributed by atoms with Crippen molar-refractivity contribution >= 4 is 12.0 Å². The summed E-state index contributed by atoms with van der Waals surface area (Å²) in [6.45, 7) is 0.780. The van der Waals surface area contributed by atoms with Crippen molar-refractivity contribution in [2.24, 2.45) is 5.16 Å². The Morgan fingerprint density at radius 1 is 1.47 bits per heavy atom. The lowest BCUT2D eigenvalue weighted by Crippen LogP contribution is -2.24. The number of benzene rings is 1. The van der Waals surface area contributed by atoms with Gasteiger partial charge < -0.3 is 9.57 Å². The van der Waals surface area contributed by atoms with Gasteiger partial charge in [-0.25, -0.2) is 0 Å². The van der Waals surface area contributed by atoms with Gasteiger partial charge in [0.1, 0.15) is 12.7 Å². The minimum Gasteiger partial charge on any atom is -0.392 e. The van der Waals surface area contributed by atoms with Crippen molar-refractivity contribution in [1.82, 2.24) is 0 Å². The SMILES string of the molecule is O=CC1=NOCC1OCc1ccccc1. The molecule has 0 fully saturated rings. The van der Waals surface area contributed by atoms with Crippen LogP contribution in [0, 0.1) is 0 Å². The minimum absolute atomic E-state index is 0.320. The summed E-state index contributed by atoms with van der Waals surface area (Å²) >= 11 is 0. The molecule has 2 rings (SSSR count). The summed E-state index contributed by atoms with van der Waals surface area (Å²) in [6.07, 6.45) is 0.338. The molecule has 0 N–H and O–H groups in total. The molecule has 4 nitrogen and oxygen atoms in total. The van der Waals surface area contributed by atoms with Crippen LogP contribution in [0.1, 0.15) is 5.56 Å². The first-order chi connectivity index (χ1) is 7.40. The summed E-state index contributed by atoms with van der Waals surface area (Å²) in [5.41, 5.74) is 1.39. The van der Waals surface area contributed by atoms with Crippen molar-refractivity contribution in [3.05, 3.63) is 35.9 Å². The smallest absolute Gasteiger partial charge is 0.170 e. The number of hydrogen-bond acceptors (Lipinski definition) is 4. The maximum absolute atomic E-state index is 10.5. The maximum atomic E-state index is 10.5. The lowest BCUT2D eigenvalue weighted by Gasteiger charge is -2.08. The van der Waals surface area contributed by atoms with E-state index in [9.17, 15) is 4.79 Å². The monoisotopic (exact) mass is 205 g/mol. The molecular weight excluding hydrogens is 194 g/mol. The van der Waals surface area contributed by atoms with E-state index in [2.05, 4.69) is 5.16 Å². The largest absolute Gasteiger partial charge is 0.392 e.